The van der Waals surface area contributed by atoms with E-state index in [1.54, 1.807) is 7.11 Å². The second kappa shape index (κ2) is 5.48. The minimum Gasteiger partial charge on any atom is -0.385 e. The highest BCUT2D eigenvalue weighted by atomic mass is 16.5. The Labute approximate surface area is 137 Å². The van der Waals surface area contributed by atoms with Gasteiger partial charge in [-0.1, -0.05) is 12.1 Å². The zero-order valence-corrected chi connectivity index (χ0v) is 14.3. The highest BCUT2D eigenvalue weighted by molar-refractivity contribution is 5.36. The molecule has 0 N–H and O–H groups in total. The van der Waals surface area contributed by atoms with Crippen LogP contribution in [0.4, 0.5) is 0 Å². The van der Waals surface area contributed by atoms with Crippen LogP contribution < -0.4 is 0 Å². The van der Waals surface area contributed by atoms with Crippen LogP contribution in [0.3, 0.4) is 0 Å². The lowest BCUT2D eigenvalue weighted by molar-refractivity contribution is 0.188. The maximum absolute atomic E-state index is 5.44. The van der Waals surface area contributed by atoms with Crippen molar-refractivity contribution in [2.24, 2.45) is 5.92 Å². The van der Waals surface area contributed by atoms with E-state index in [2.05, 4.69) is 23.6 Å². The lowest BCUT2D eigenvalue weighted by atomic mass is 9.61. The van der Waals surface area contributed by atoms with E-state index >= 15 is 0 Å². The van der Waals surface area contributed by atoms with Crippen LogP contribution in [0.5, 0.6) is 0 Å². The van der Waals surface area contributed by atoms with Crippen molar-refractivity contribution in [3.63, 3.8) is 0 Å². The molecule has 5 nitrogen and oxygen atoms in total. The van der Waals surface area contributed by atoms with E-state index in [0.717, 1.165) is 50.4 Å². The summed E-state index contributed by atoms with van der Waals surface area (Å²) in [5.74, 6) is 2.84. The normalized spacial score (nSPS) is 25.8. The average molecular weight is 315 g/mol. The van der Waals surface area contributed by atoms with E-state index in [0.29, 0.717) is 5.92 Å². The van der Waals surface area contributed by atoms with Crippen LogP contribution in [0.2, 0.25) is 0 Å². The summed E-state index contributed by atoms with van der Waals surface area (Å²) in [7, 11) is 1.76. The van der Waals surface area contributed by atoms with Gasteiger partial charge in [-0.25, -0.2) is 4.98 Å². The molecule has 0 aromatic carbocycles. The fourth-order valence-electron chi connectivity index (χ4n) is 4.58. The van der Waals surface area contributed by atoms with Gasteiger partial charge in [0.15, 0.2) is 0 Å². The number of hydrogen-bond donors (Lipinski definition) is 0. The number of aromatic nitrogens is 3. The van der Waals surface area contributed by atoms with Crippen molar-refractivity contribution in [3.8, 4) is 0 Å². The number of nitrogens with zero attached hydrogens (tertiary/aromatic N) is 3. The van der Waals surface area contributed by atoms with Gasteiger partial charge in [-0.2, -0.15) is 0 Å². The summed E-state index contributed by atoms with van der Waals surface area (Å²) in [4.78, 5) is 5.01. The molecular formula is C18H25N3O2. The molecule has 0 aliphatic heterocycles. The van der Waals surface area contributed by atoms with Gasteiger partial charge in [-0.05, 0) is 38.5 Å². The maximum Gasteiger partial charge on any atom is 0.140 e. The fraction of sp³-hybridized carbons (Fsp3) is 0.667. The van der Waals surface area contributed by atoms with Crippen LogP contribution >= 0.6 is 0 Å². The number of methoxy groups -OCH3 is 1. The Hall–Kier alpha value is -1.62. The summed E-state index contributed by atoms with van der Waals surface area (Å²) in [6, 6.07) is 0. The first-order valence-corrected chi connectivity index (χ1v) is 8.61. The van der Waals surface area contributed by atoms with Gasteiger partial charge >= 0.3 is 0 Å². The van der Waals surface area contributed by atoms with E-state index in [9.17, 15) is 0 Å². The highest BCUT2D eigenvalue weighted by Crippen LogP contribution is 2.48. The number of fused-ring (bicyclic) bond motifs is 4. The molecule has 2 unspecified atom stereocenters. The van der Waals surface area contributed by atoms with Gasteiger partial charge in [0.2, 0.25) is 0 Å². The first-order valence-electron chi connectivity index (χ1n) is 8.61. The molecule has 0 amide bonds. The number of hydrogen-bond acceptors (Lipinski definition) is 4. The summed E-state index contributed by atoms with van der Waals surface area (Å²) in [6.45, 7) is 6.33. The second-order valence-corrected chi connectivity index (χ2v) is 7.26. The quantitative estimate of drug-likeness (QED) is 0.814. The third kappa shape index (κ3) is 2.24. The Morgan fingerprint density at radius 1 is 1.48 bits per heavy atom. The van der Waals surface area contributed by atoms with Crippen molar-refractivity contribution < 1.29 is 9.26 Å². The third-order valence-electron chi connectivity index (χ3n) is 5.88. The zero-order valence-electron chi connectivity index (χ0n) is 14.3. The molecule has 0 bridgehead atoms. The van der Waals surface area contributed by atoms with Gasteiger partial charge in [0.25, 0.3) is 0 Å². The third-order valence-corrected chi connectivity index (χ3v) is 5.88. The van der Waals surface area contributed by atoms with Crippen LogP contribution in [0.15, 0.2) is 10.7 Å². The van der Waals surface area contributed by atoms with Crippen LogP contribution in [0.1, 0.15) is 48.3 Å². The molecule has 0 saturated carbocycles. The minimum absolute atomic E-state index is 0.114. The molecule has 0 fully saturated rings. The van der Waals surface area contributed by atoms with E-state index in [-0.39, 0.29) is 5.41 Å². The first-order chi connectivity index (χ1) is 11.1. The van der Waals surface area contributed by atoms with Crippen molar-refractivity contribution in [1.82, 2.24) is 14.7 Å². The average Bonchev–Trinajstić information content (AvgIpc) is 3.10. The van der Waals surface area contributed by atoms with Crippen molar-refractivity contribution in [2.75, 3.05) is 13.7 Å². The highest BCUT2D eigenvalue weighted by Gasteiger charge is 2.47. The lowest BCUT2D eigenvalue weighted by Crippen LogP contribution is -2.43. The fourth-order valence-corrected chi connectivity index (χ4v) is 4.58. The van der Waals surface area contributed by atoms with Gasteiger partial charge in [-0.15, -0.1) is 0 Å². The molecule has 0 radical (unpaired) electrons. The van der Waals surface area contributed by atoms with Crippen molar-refractivity contribution in [2.45, 2.75) is 57.9 Å². The second-order valence-electron chi connectivity index (χ2n) is 7.26. The van der Waals surface area contributed by atoms with Gasteiger partial charge in [0.05, 0.1) is 11.9 Å². The Morgan fingerprint density at radius 2 is 2.35 bits per heavy atom. The molecule has 2 heterocycles. The minimum atomic E-state index is 0.114. The summed E-state index contributed by atoms with van der Waals surface area (Å²) >= 11 is 0. The smallest absolute Gasteiger partial charge is 0.140 e. The number of imidazole rings is 1. The largest absolute Gasteiger partial charge is 0.385 e. The molecule has 2 atom stereocenters. The number of rotatable bonds is 4. The topological polar surface area (TPSA) is 53.1 Å². The predicted octanol–water partition coefficient (Wildman–Crippen LogP) is 2.83. The van der Waals surface area contributed by atoms with Gasteiger partial charge in [-0.3, -0.25) is 0 Å². The predicted molar refractivity (Wildman–Crippen MR) is 86.5 cm³/mol. The number of ether oxygens (including phenoxy) is 1. The molecule has 2 aliphatic carbocycles. The van der Waals surface area contributed by atoms with Crippen molar-refractivity contribution in [1.29, 1.82) is 0 Å². The molecule has 23 heavy (non-hydrogen) atoms. The molecule has 0 saturated heterocycles. The Balaban J connectivity index is 1.70. The molecule has 124 valence electrons. The molecular weight excluding hydrogens is 290 g/mol. The van der Waals surface area contributed by atoms with Crippen LogP contribution in [-0.2, 0) is 36.0 Å². The van der Waals surface area contributed by atoms with Crippen LogP contribution in [0, 0.1) is 12.8 Å². The molecule has 2 aromatic rings. The Bertz CT molecular complexity index is 718. The molecule has 2 aliphatic rings. The van der Waals surface area contributed by atoms with Crippen LogP contribution in [-0.4, -0.2) is 28.4 Å². The summed E-state index contributed by atoms with van der Waals surface area (Å²) < 4.78 is 13.1. The van der Waals surface area contributed by atoms with Gasteiger partial charge in [0.1, 0.15) is 11.6 Å². The van der Waals surface area contributed by atoms with E-state index < -0.39 is 0 Å². The van der Waals surface area contributed by atoms with Gasteiger partial charge in [0, 0.05) is 43.4 Å². The Morgan fingerprint density at radius 3 is 3.17 bits per heavy atom. The molecule has 0 spiro atoms. The number of aryl methyl sites for hydroxylation is 1. The first kappa shape index (κ1) is 14.9. The Kier molecular flexibility index (Phi) is 3.56. The van der Waals surface area contributed by atoms with E-state index in [1.807, 2.05) is 6.20 Å². The molecule has 5 heteroatoms. The summed E-state index contributed by atoms with van der Waals surface area (Å²) in [6.07, 6.45) is 7.26. The van der Waals surface area contributed by atoms with Crippen molar-refractivity contribution >= 4 is 0 Å². The molecule has 2 aromatic heterocycles. The van der Waals surface area contributed by atoms with E-state index in [4.69, 9.17) is 14.2 Å². The van der Waals surface area contributed by atoms with Gasteiger partial charge < -0.3 is 13.8 Å². The summed E-state index contributed by atoms with van der Waals surface area (Å²) in [5.41, 5.74) is 4.14. The monoisotopic (exact) mass is 315 g/mol. The van der Waals surface area contributed by atoms with Crippen molar-refractivity contribution in [3.05, 3.63) is 34.7 Å². The summed E-state index contributed by atoms with van der Waals surface area (Å²) in [5, 5.41) is 4.01. The lowest BCUT2D eigenvalue weighted by Gasteiger charge is -2.43. The standard InChI is InChI=1S/C18H25N3O2/c1-12-20-17-15(21(12)7-4-8-22-3)6-5-14-9-16-13(11-19-23-16)10-18(14,17)2/h11,14H,4-10H2,1-3H3. The SMILES string of the molecule is COCCCn1c(C)nc2c1CCC1Cc3oncc3CC21C. The zero-order chi connectivity index (χ0) is 16.0. The maximum atomic E-state index is 5.44. The van der Waals surface area contributed by atoms with Crippen LogP contribution in [0.25, 0.3) is 0 Å². The molecule has 4 rings (SSSR count). The van der Waals surface area contributed by atoms with E-state index in [1.165, 1.54) is 23.4 Å².